The topological polar surface area (TPSA) is 18.5 Å². The predicted octanol–water partition coefficient (Wildman–Crippen LogP) is 4.34. The molecule has 0 aromatic heterocycles. The first-order chi connectivity index (χ1) is 9.15. The summed E-state index contributed by atoms with van der Waals surface area (Å²) in [4.78, 5) is 0. The lowest BCUT2D eigenvalue weighted by atomic mass is 10.00. The molecular formula is C16H17ClO2. The Bertz CT molecular complexity index is 549. The lowest BCUT2D eigenvalue weighted by Crippen LogP contribution is -1.97. The zero-order valence-electron chi connectivity index (χ0n) is 11.3. The van der Waals surface area contributed by atoms with Gasteiger partial charge in [-0.1, -0.05) is 18.2 Å². The second-order valence-corrected chi connectivity index (χ2v) is 4.79. The predicted molar refractivity (Wildman–Crippen MR) is 78.4 cm³/mol. The summed E-state index contributed by atoms with van der Waals surface area (Å²) in [6, 6.07) is 13.7. The van der Waals surface area contributed by atoms with Crippen LogP contribution >= 0.6 is 11.6 Å². The summed E-state index contributed by atoms with van der Waals surface area (Å²) in [5.41, 5.74) is 3.26. The van der Waals surface area contributed by atoms with Crippen molar-refractivity contribution in [1.29, 1.82) is 0 Å². The molecule has 0 fully saturated rings. The summed E-state index contributed by atoms with van der Waals surface area (Å²) in [6.45, 7) is 2.04. The van der Waals surface area contributed by atoms with Crippen molar-refractivity contribution in [3.05, 3.63) is 59.2 Å². The third-order valence-corrected chi connectivity index (χ3v) is 3.65. The van der Waals surface area contributed by atoms with Crippen molar-refractivity contribution in [1.82, 2.24) is 0 Å². The van der Waals surface area contributed by atoms with Gasteiger partial charge in [-0.3, -0.25) is 0 Å². The second kappa shape index (κ2) is 5.98. The quantitative estimate of drug-likeness (QED) is 0.774. The van der Waals surface area contributed by atoms with E-state index >= 15 is 0 Å². The fraction of sp³-hybridized carbons (Fsp3) is 0.250. The smallest absolute Gasteiger partial charge is 0.119 e. The van der Waals surface area contributed by atoms with Crippen molar-refractivity contribution >= 4 is 11.6 Å². The monoisotopic (exact) mass is 276 g/mol. The SMILES string of the molecule is COc1ccc(C(Cl)c2ccc(OC)cc2C)cc1. The molecule has 2 aromatic rings. The molecule has 0 amide bonds. The van der Waals surface area contributed by atoms with E-state index in [-0.39, 0.29) is 5.38 Å². The first-order valence-electron chi connectivity index (χ1n) is 6.08. The first-order valence-corrected chi connectivity index (χ1v) is 6.52. The Kier molecular flexibility index (Phi) is 4.33. The summed E-state index contributed by atoms with van der Waals surface area (Å²) >= 11 is 6.55. The van der Waals surface area contributed by atoms with E-state index in [9.17, 15) is 0 Å². The zero-order valence-corrected chi connectivity index (χ0v) is 12.1. The van der Waals surface area contributed by atoms with Gasteiger partial charge in [-0.15, -0.1) is 11.6 Å². The molecule has 0 heterocycles. The molecule has 1 atom stereocenters. The van der Waals surface area contributed by atoms with Crippen molar-refractivity contribution in [3.63, 3.8) is 0 Å². The Labute approximate surface area is 118 Å². The number of ether oxygens (including phenoxy) is 2. The molecule has 3 heteroatoms. The minimum atomic E-state index is -0.170. The Morgan fingerprint density at radius 2 is 1.47 bits per heavy atom. The van der Waals surface area contributed by atoms with Crippen LogP contribution in [0.5, 0.6) is 11.5 Å². The maximum Gasteiger partial charge on any atom is 0.119 e. The van der Waals surface area contributed by atoms with E-state index in [1.54, 1.807) is 14.2 Å². The van der Waals surface area contributed by atoms with Crippen LogP contribution in [0.3, 0.4) is 0 Å². The number of halogens is 1. The van der Waals surface area contributed by atoms with Crippen molar-refractivity contribution in [3.8, 4) is 11.5 Å². The number of aryl methyl sites for hydroxylation is 1. The lowest BCUT2D eigenvalue weighted by molar-refractivity contribution is 0.414. The molecule has 100 valence electrons. The Morgan fingerprint density at radius 3 is 2.00 bits per heavy atom. The molecule has 2 nitrogen and oxygen atoms in total. The molecule has 1 unspecified atom stereocenters. The van der Waals surface area contributed by atoms with Gasteiger partial charge < -0.3 is 9.47 Å². The van der Waals surface area contributed by atoms with Gasteiger partial charge in [0, 0.05) is 0 Å². The van der Waals surface area contributed by atoms with Crippen LogP contribution < -0.4 is 9.47 Å². The van der Waals surface area contributed by atoms with Crippen molar-refractivity contribution in [2.45, 2.75) is 12.3 Å². The first kappa shape index (κ1) is 13.8. The average Bonchev–Trinajstić information content (AvgIpc) is 2.46. The van der Waals surface area contributed by atoms with Crippen molar-refractivity contribution in [2.24, 2.45) is 0 Å². The Morgan fingerprint density at radius 1 is 0.895 bits per heavy atom. The Hall–Kier alpha value is -1.67. The van der Waals surface area contributed by atoms with Crippen LogP contribution in [0.15, 0.2) is 42.5 Å². The van der Waals surface area contributed by atoms with Gasteiger partial charge in [0.25, 0.3) is 0 Å². The van der Waals surface area contributed by atoms with E-state index < -0.39 is 0 Å². The number of hydrogen-bond donors (Lipinski definition) is 0. The van der Waals surface area contributed by atoms with Gasteiger partial charge in [-0.25, -0.2) is 0 Å². The lowest BCUT2D eigenvalue weighted by Gasteiger charge is -2.14. The molecule has 0 spiro atoms. The maximum absolute atomic E-state index is 6.55. The van der Waals surface area contributed by atoms with Crippen LogP contribution in [-0.2, 0) is 0 Å². The van der Waals surface area contributed by atoms with Gasteiger partial charge in [0.2, 0.25) is 0 Å². The van der Waals surface area contributed by atoms with Gasteiger partial charge in [0.15, 0.2) is 0 Å². The van der Waals surface area contributed by atoms with Gasteiger partial charge >= 0.3 is 0 Å². The van der Waals surface area contributed by atoms with E-state index in [1.165, 1.54) is 0 Å². The summed E-state index contributed by atoms with van der Waals surface area (Å²) in [5, 5.41) is -0.170. The highest BCUT2D eigenvalue weighted by molar-refractivity contribution is 6.22. The molecule has 0 aliphatic rings. The number of alkyl halides is 1. The molecule has 0 saturated heterocycles. The molecule has 0 N–H and O–H groups in total. The van der Waals surface area contributed by atoms with Gasteiger partial charge in [0.1, 0.15) is 11.5 Å². The van der Waals surface area contributed by atoms with Crippen molar-refractivity contribution in [2.75, 3.05) is 14.2 Å². The molecular weight excluding hydrogens is 260 g/mol. The summed E-state index contributed by atoms with van der Waals surface area (Å²) in [7, 11) is 3.32. The Balaban J connectivity index is 2.29. The highest BCUT2D eigenvalue weighted by atomic mass is 35.5. The second-order valence-electron chi connectivity index (χ2n) is 4.36. The molecule has 2 rings (SSSR count). The largest absolute Gasteiger partial charge is 0.497 e. The van der Waals surface area contributed by atoms with E-state index in [0.717, 1.165) is 28.2 Å². The third kappa shape index (κ3) is 3.02. The van der Waals surface area contributed by atoms with Crippen LogP contribution in [-0.4, -0.2) is 14.2 Å². The molecule has 0 aliphatic carbocycles. The molecule has 0 bridgehead atoms. The van der Waals surface area contributed by atoms with Crippen LogP contribution in [0.4, 0.5) is 0 Å². The highest BCUT2D eigenvalue weighted by Gasteiger charge is 2.13. The average molecular weight is 277 g/mol. The molecule has 19 heavy (non-hydrogen) atoms. The molecule has 0 aliphatic heterocycles. The van der Waals surface area contributed by atoms with E-state index in [2.05, 4.69) is 0 Å². The van der Waals surface area contributed by atoms with Gasteiger partial charge in [-0.05, 0) is 47.9 Å². The van der Waals surface area contributed by atoms with Crippen LogP contribution in [0.25, 0.3) is 0 Å². The minimum absolute atomic E-state index is 0.170. The number of benzene rings is 2. The van der Waals surface area contributed by atoms with E-state index in [1.807, 2.05) is 49.4 Å². The number of hydrogen-bond acceptors (Lipinski definition) is 2. The molecule has 2 aromatic carbocycles. The van der Waals surface area contributed by atoms with Crippen LogP contribution in [0, 0.1) is 6.92 Å². The molecule has 0 saturated carbocycles. The number of methoxy groups -OCH3 is 2. The van der Waals surface area contributed by atoms with Crippen LogP contribution in [0.1, 0.15) is 22.1 Å². The van der Waals surface area contributed by atoms with Crippen molar-refractivity contribution < 1.29 is 9.47 Å². The standard InChI is InChI=1S/C16H17ClO2/c1-11-10-14(19-3)8-9-15(11)16(17)12-4-6-13(18-2)7-5-12/h4-10,16H,1-3H3. The summed E-state index contributed by atoms with van der Waals surface area (Å²) < 4.78 is 10.4. The van der Waals surface area contributed by atoms with Gasteiger partial charge in [0.05, 0.1) is 19.6 Å². The van der Waals surface area contributed by atoms with E-state index in [4.69, 9.17) is 21.1 Å². The van der Waals surface area contributed by atoms with Crippen LogP contribution in [0.2, 0.25) is 0 Å². The third-order valence-electron chi connectivity index (χ3n) is 3.16. The minimum Gasteiger partial charge on any atom is -0.497 e. The molecule has 0 radical (unpaired) electrons. The fourth-order valence-electron chi connectivity index (χ4n) is 2.01. The van der Waals surface area contributed by atoms with Gasteiger partial charge in [-0.2, -0.15) is 0 Å². The summed E-state index contributed by atoms with van der Waals surface area (Å²) in [5.74, 6) is 1.68. The fourth-order valence-corrected chi connectivity index (χ4v) is 2.40. The number of rotatable bonds is 4. The van der Waals surface area contributed by atoms with E-state index in [0.29, 0.717) is 0 Å². The highest BCUT2D eigenvalue weighted by Crippen LogP contribution is 2.33. The normalized spacial score (nSPS) is 12.0. The maximum atomic E-state index is 6.55. The zero-order chi connectivity index (χ0) is 13.8. The summed E-state index contributed by atoms with van der Waals surface area (Å²) in [6.07, 6.45) is 0.